The van der Waals surface area contributed by atoms with Gasteiger partial charge in [0, 0.05) is 17.3 Å². The van der Waals surface area contributed by atoms with E-state index < -0.39 is 0 Å². The molecule has 0 aliphatic heterocycles. The molecule has 3 aromatic rings. The molecule has 0 saturated carbocycles. The highest BCUT2D eigenvalue weighted by atomic mass is 16.4. The number of anilines is 1. The smallest absolute Gasteiger partial charge is 0.226 e. The highest BCUT2D eigenvalue weighted by Gasteiger charge is 2.09. The van der Waals surface area contributed by atoms with Gasteiger partial charge in [0.2, 0.25) is 5.89 Å². The van der Waals surface area contributed by atoms with E-state index in [2.05, 4.69) is 23.3 Å². The molecule has 1 heterocycles. The van der Waals surface area contributed by atoms with E-state index >= 15 is 0 Å². The summed E-state index contributed by atoms with van der Waals surface area (Å²) in [4.78, 5) is 4.26. The number of nitrogens with zero attached hydrogens (tertiary/aromatic N) is 1. The van der Waals surface area contributed by atoms with Crippen LogP contribution in [0.25, 0.3) is 11.5 Å². The zero-order valence-electron chi connectivity index (χ0n) is 13.3. The molecule has 4 heteroatoms. The Balaban J connectivity index is 1.79. The third-order valence-corrected chi connectivity index (χ3v) is 3.75. The van der Waals surface area contributed by atoms with Crippen molar-refractivity contribution in [2.75, 3.05) is 5.32 Å². The SMILES string of the molecule is Cc1cnc(-c2cccc(NC(C)c3cccc(CO)c3)c2)o1. The van der Waals surface area contributed by atoms with Gasteiger partial charge in [-0.3, -0.25) is 0 Å². The Morgan fingerprint density at radius 2 is 2.00 bits per heavy atom. The van der Waals surface area contributed by atoms with E-state index in [-0.39, 0.29) is 12.6 Å². The number of oxazole rings is 1. The summed E-state index contributed by atoms with van der Waals surface area (Å²) >= 11 is 0. The van der Waals surface area contributed by atoms with Crippen molar-refractivity contribution in [1.29, 1.82) is 0 Å². The van der Waals surface area contributed by atoms with Crippen LogP contribution < -0.4 is 5.32 Å². The van der Waals surface area contributed by atoms with Crippen LogP contribution in [0.3, 0.4) is 0 Å². The highest BCUT2D eigenvalue weighted by molar-refractivity contribution is 5.61. The summed E-state index contributed by atoms with van der Waals surface area (Å²) in [5.41, 5.74) is 3.99. The largest absolute Gasteiger partial charge is 0.441 e. The minimum absolute atomic E-state index is 0.0551. The van der Waals surface area contributed by atoms with Gasteiger partial charge < -0.3 is 14.8 Å². The Kier molecular flexibility index (Phi) is 4.44. The lowest BCUT2D eigenvalue weighted by molar-refractivity contribution is 0.281. The molecule has 2 aromatic carbocycles. The molecule has 23 heavy (non-hydrogen) atoms. The summed E-state index contributed by atoms with van der Waals surface area (Å²) in [5, 5.41) is 12.7. The fraction of sp³-hybridized carbons (Fsp3) is 0.211. The quantitative estimate of drug-likeness (QED) is 0.737. The maximum Gasteiger partial charge on any atom is 0.226 e. The Bertz CT molecular complexity index is 795. The van der Waals surface area contributed by atoms with Gasteiger partial charge in [0.25, 0.3) is 0 Å². The summed E-state index contributed by atoms with van der Waals surface area (Å²) in [6.07, 6.45) is 1.72. The summed E-state index contributed by atoms with van der Waals surface area (Å²) in [5.74, 6) is 1.42. The molecule has 3 rings (SSSR count). The van der Waals surface area contributed by atoms with Crippen LogP contribution in [0.1, 0.15) is 29.9 Å². The molecule has 0 aliphatic rings. The number of aliphatic hydroxyl groups excluding tert-OH is 1. The summed E-state index contributed by atoms with van der Waals surface area (Å²) in [6, 6.07) is 16.1. The van der Waals surface area contributed by atoms with Crippen LogP contribution in [0.4, 0.5) is 5.69 Å². The van der Waals surface area contributed by atoms with E-state index in [1.165, 1.54) is 0 Å². The molecule has 2 N–H and O–H groups in total. The third kappa shape index (κ3) is 3.60. The molecule has 118 valence electrons. The molecule has 1 aromatic heterocycles. The topological polar surface area (TPSA) is 58.3 Å². The van der Waals surface area contributed by atoms with Crippen LogP contribution in [0.15, 0.2) is 59.1 Å². The average molecular weight is 308 g/mol. The second-order valence-corrected chi connectivity index (χ2v) is 5.63. The number of aromatic nitrogens is 1. The van der Waals surface area contributed by atoms with E-state index in [9.17, 15) is 5.11 Å². The van der Waals surface area contributed by atoms with Gasteiger partial charge in [0.05, 0.1) is 12.8 Å². The number of nitrogens with one attached hydrogen (secondary N) is 1. The number of hydrogen-bond acceptors (Lipinski definition) is 4. The third-order valence-electron chi connectivity index (χ3n) is 3.75. The average Bonchev–Trinajstić information content (AvgIpc) is 3.02. The van der Waals surface area contributed by atoms with Crippen LogP contribution >= 0.6 is 0 Å². The van der Waals surface area contributed by atoms with E-state index in [1.54, 1.807) is 6.20 Å². The first-order valence-electron chi connectivity index (χ1n) is 7.65. The molecule has 4 nitrogen and oxygen atoms in total. The molecule has 1 atom stereocenters. The fourth-order valence-electron chi connectivity index (χ4n) is 2.52. The van der Waals surface area contributed by atoms with E-state index in [0.717, 1.165) is 28.1 Å². The first kappa shape index (κ1) is 15.3. The van der Waals surface area contributed by atoms with Gasteiger partial charge >= 0.3 is 0 Å². The minimum atomic E-state index is 0.0551. The van der Waals surface area contributed by atoms with Gasteiger partial charge in [-0.2, -0.15) is 0 Å². The van der Waals surface area contributed by atoms with Gasteiger partial charge in [-0.15, -0.1) is 0 Å². The zero-order chi connectivity index (χ0) is 16.2. The molecule has 0 fully saturated rings. The number of hydrogen-bond donors (Lipinski definition) is 2. The molecular weight excluding hydrogens is 288 g/mol. The van der Waals surface area contributed by atoms with Gasteiger partial charge in [-0.25, -0.2) is 4.98 Å². The van der Waals surface area contributed by atoms with Crippen molar-refractivity contribution in [2.24, 2.45) is 0 Å². The van der Waals surface area contributed by atoms with E-state index in [4.69, 9.17) is 4.42 Å². The molecule has 0 radical (unpaired) electrons. The summed E-state index contributed by atoms with van der Waals surface area (Å²) in [6.45, 7) is 4.03. The second-order valence-electron chi connectivity index (χ2n) is 5.63. The lowest BCUT2D eigenvalue weighted by Gasteiger charge is -2.17. The maximum absolute atomic E-state index is 9.26. The van der Waals surface area contributed by atoms with Crippen molar-refractivity contribution in [3.63, 3.8) is 0 Å². The van der Waals surface area contributed by atoms with Crippen molar-refractivity contribution < 1.29 is 9.52 Å². The molecular formula is C19H20N2O2. The van der Waals surface area contributed by atoms with Gasteiger partial charge in [0.15, 0.2) is 0 Å². The zero-order valence-corrected chi connectivity index (χ0v) is 13.3. The van der Waals surface area contributed by atoms with Crippen molar-refractivity contribution >= 4 is 5.69 Å². The first-order valence-corrected chi connectivity index (χ1v) is 7.65. The molecule has 0 aliphatic carbocycles. The fourth-order valence-corrected chi connectivity index (χ4v) is 2.52. The molecule has 0 saturated heterocycles. The van der Waals surface area contributed by atoms with Crippen LogP contribution in [0.5, 0.6) is 0 Å². The molecule has 0 amide bonds. The van der Waals surface area contributed by atoms with E-state index in [0.29, 0.717) is 5.89 Å². The number of aliphatic hydroxyl groups is 1. The predicted molar refractivity (Wildman–Crippen MR) is 91.1 cm³/mol. The number of aryl methyl sites for hydroxylation is 1. The van der Waals surface area contributed by atoms with Gasteiger partial charge in [-0.1, -0.05) is 30.3 Å². The Hall–Kier alpha value is -2.59. The Morgan fingerprint density at radius 3 is 2.74 bits per heavy atom. The Morgan fingerprint density at radius 1 is 1.17 bits per heavy atom. The molecule has 0 spiro atoms. The number of rotatable bonds is 5. The maximum atomic E-state index is 9.26. The monoisotopic (exact) mass is 308 g/mol. The minimum Gasteiger partial charge on any atom is -0.441 e. The van der Waals surface area contributed by atoms with Crippen LogP contribution in [0, 0.1) is 6.92 Å². The number of benzene rings is 2. The summed E-state index contributed by atoms with van der Waals surface area (Å²) < 4.78 is 5.58. The molecule has 0 bridgehead atoms. The Labute approximate surface area is 135 Å². The standard InChI is InChI=1S/C19H20N2O2/c1-13-11-20-19(23-13)17-7-4-8-18(10-17)21-14(2)16-6-3-5-15(9-16)12-22/h3-11,14,21-22H,12H2,1-2H3. The predicted octanol–water partition coefficient (Wildman–Crippen LogP) is 4.32. The lowest BCUT2D eigenvalue weighted by atomic mass is 10.0. The molecule has 1 unspecified atom stereocenters. The van der Waals surface area contributed by atoms with Gasteiger partial charge in [-0.05, 0) is 43.2 Å². The van der Waals surface area contributed by atoms with Gasteiger partial charge in [0.1, 0.15) is 5.76 Å². The van der Waals surface area contributed by atoms with E-state index in [1.807, 2.05) is 49.4 Å². The van der Waals surface area contributed by atoms with Crippen molar-refractivity contribution in [3.05, 3.63) is 71.6 Å². The highest BCUT2D eigenvalue weighted by Crippen LogP contribution is 2.25. The van der Waals surface area contributed by atoms with Crippen molar-refractivity contribution in [1.82, 2.24) is 4.98 Å². The normalized spacial score (nSPS) is 12.1. The first-order chi connectivity index (χ1) is 11.2. The lowest BCUT2D eigenvalue weighted by Crippen LogP contribution is -2.07. The van der Waals surface area contributed by atoms with Crippen LogP contribution in [0.2, 0.25) is 0 Å². The van der Waals surface area contributed by atoms with Crippen LogP contribution in [-0.2, 0) is 6.61 Å². The van der Waals surface area contributed by atoms with Crippen LogP contribution in [-0.4, -0.2) is 10.1 Å². The summed E-state index contributed by atoms with van der Waals surface area (Å²) in [7, 11) is 0. The second kappa shape index (κ2) is 6.67. The van der Waals surface area contributed by atoms with Crippen molar-refractivity contribution in [2.45, 2.75) is 26.5 Å². The van der Waals surface area contributed by atoms with Crippen molar-refractivity contribution in [3.8, 4) is 11.5 Å².